The summed E-state index contributed by atoms with van der Waals surface area (Å²) in [5, 5.41) is 3.76. The van der Waals surface area contributed by atoms with Crippen LogP contribution in [0.4, 0.5) is 0 Å². The summed E-state index contributed by atoms with van der Waals surface area (Å²) in [6.07, 6.45) is 11.9. The van der Waals surface area contributed by atoms with Crippen molar-refractivity contribution in [2.24, 2.45) is 0 Å². The standard InChI is InChI=1S/C21H28N2/c1(3-11-20-12-6-8-16-22-20)2-7-15-23-21-14-13-18-9-4-5-10-19(18)17-21/h4-6,8-10,12,16,21,23H,1-3,7,11,13-15,17H2/t21-/m1/s1. The van der Waals surface area contributed by atoms with Crippen molar-refractivity contribution in [3.05, 3.63) is 65.5 Å². The fourth-order valence-corrected chi connectivity index (χ4v) is 3.51. The Morgan fingerprint density at radius 3 is 2.61 bits per heavy atom. The Hall–Kier alpha value is -1.67. The SMILES string of the molecule is c1ccc(CCCCCCN[C@@H]2CCc3ccccc3C2)nc1. The van der Waals surface area contributed by atoms with Gasteiger partial charge < -0.3 is 5.32 Å². The quantitative estimate of drug-likeness (QED) is 0.734. The molecule has 0 amide bonds. The molecule has 1 aromatic heterocycles. The molecule has 23 heavy (non-hydrogen) atoms. The van der Waals surface area contributed by atoms with E-state index in [0.29, 0.717) is 6.04 Å². The molecule has 0 radical (unpaired) electrons. The highest BCUT2D eigenvalue weighted by Gasteiger charge is 2.16. The van der Waals surface area contributed by atoms with Crippen LogP contribution in [0.5, 0.6) is 0 Å². The highest BCUT2D eigenvalue weighted by Crippen LogP contribution is 2.21. The van der Waals surface area contributed by atoms with Gasteiger partial charge in [0.15, 0.2) is 0 Å². The van der Waals surface area contributed by atoms with Crippen LogP contribution in [0.25, 0.3) is 0 Å². The number of fused-ring (bicyclic) bond motifs is 1. The molecule has 1 aliphatic carbocycles. The molecule has 1 heterocycles. The lowest BCUT2D eigenvalue weighted by atomic mass is 9.88. The maximum atomic E-state index is 4.38. The van der Waals surface area contributed by atoms with E-state index in [9.17, 15) is 0 Å². The number of aryl methyl sites for hydroxylation is 2. The molecule has 1 atom stereocenters. The molecule has 1 aromatic carbocycles. The molecule has 1 aliphatic rings. The molecule has 0 saturated carbocycles. The number of hydrogen-bond acceptors (Lipinski definition) is 2. The van der Waals surface area contributed by atoms with Crippen molar-refractivity contribution < 1.29 is 0 Å². The van der Waals surface area contributed by atoms with Gasteiger partial charge in [-0.2, -0.15) is 0 Å². The van der Waals surface area contributed by atoms with Crippen LogP contribution in [0.15, 0.2) is 48.7 Å². The first kappa shape index (κ1) is 16.2. The van der Waals surface area contributed by atoms with Crippen molar-refractivity contribution in [2.75, 3.05) is 6.54 Å². The van der Waals surface area contributed by atoms with E-state index in [2.05, 4.69) is 46.7 Å². The van der Waals surface area contributed by atoms with Gasteiger partial charge in [-0.3, -0.25) is 4.98 Å². The second-order valence-electron chi connectivity index (χ2n) is 6.65. The highest BCUT2D eigenvalue weighted by atomic mass is 14.9. The summed E-state index contributed by atoms with van der Waals surface area (Å²) >= 11 is 0. The van der Waals surface area contributed by atoms with Crippen LogP contribution in [0.1, 0.15) is 48.9 Å². The van der Waals surface area contributed by atoms with Crippen molar-refractivity contribution in [3.63, 3.8) is 0 Å². The van der Waals surface area contributed by atoms with Crippen LogP contribution in [-0.2, 0) is 19.3 Å². The summed E-state index contributed by atoms with van der Waals surface area (Å²) < 4.78 is 0. The molecule has 2 heteroatoms. The van der Waals surface area contributed by atoms with Crippen molar-refractivity contribution >= 4 is 0 Å². The maximum absolute atomic E-state index is 4.38. The maximum Gasteiger partial charge on any atom is 0.0403 e. The number of hydrogen-bond donors (Lipinski definition) is 1. The molecule has 0 fully saturated rings. The zero-order chi connectivity index (χ0) is 15.7. The number of aromatic nitrogens is 1. The van der Waals surface area contributed by atoms with Gasteiger partial charge in [-0.15, -0.1) is 0 Å². The zero-order valence-electron chi connectivity index (χ0n) is 14.0. The second-order valence-corrected chi connectivity index (χ2v) is 6.65. The van der Waals surface area contributed by atoms with Crippen LogP contribution >= 0.6 is 0 Å². The van der Waals surface area contributed by atoms with E-state index in [4.69, 9.17) is 0 Å². The van der Waals surface area contributed by atoms with Gasteiger partial charge in [0.05, 0.1) is 0 Å². The predicted molar refractivity (Wildman–Crippen MR) is 96.7 cm³/mol. The Labute approximate surface area is 140 Å². The Morgan fingerprint density at radius 2 is 1.74 bits per heavy atom. The van der Waals surface area contributed by atoms with E-state index in [1.165, 1.54) is 50.6 Å². The van der Waals surface area contributed by atoms with E-state index < -0.39 is 0 Å². The number of nitrogens with one attached hydrogen (secondary N) is 1. The second kappa shape index (κ2) is 8.83. The molecular weight excluding hydrogens is 280 g/mol. The molecule has 122 valence electrons. The Bertz CT molecular complexity index is 579. The molecule has 0 aliphatic heterocycles. The molecule has 0 spiro atoms. The molecular formula is C21H28N2. The van der Waals surface area contributed by atoms with Crippen LogP contribution in [0, 0.1) is 0 Å². The fraction of sp³-hybridized carbons (Fsp3) is 0.476. The van der Waals surface area contributed by atoms with Gasteiger partial charge in [0.25, 0.3) is 0 Å². The average Bonchev–Trinajstić information content (AvgIpc) is 2.61. The van der Waals surface area contributed by atoms with Crippen molar-refractivity contribution in [1.29, 1.82) is 0 Å². The number of unbranched alkanes of at least 4 members (excludes halogenated alkanes) is 3. The van der Waals surface area contributed by atoms with Gasteiger partial charge in [-0.25, -0.2) is 0 Å². The summed E-state index contributed by atoms with van der Waals surface area (Å²) in [7, 11) is 0. The van der Waals surface area contributed by atoms with E-state index in [1.807, 2.05) is 12.3 Å². The van der Waals surface area contributed by atoms with E-state index >= 15 is 0 Å². The first-order valence-electron chi connectivity index (χ1n) is 9.12. The summed E-state index contributed by atoms with van der Waals surface area (Å²) in [6.45, 7) is 1.16. The Morgan fingerprint density at radius 1 is 0.913 bits per heavy atom. The smallest absolute Gasteiger partial charge is 0.0403 e. The largest absolute Gasteiger partial charge is 0.314 e. The molecule has 1 N–H and O–H groups in total. The van der Waals surface area contributed by atoms with Crippen molar-refractivity contribution in [1.82, 2.24) is 10.3 Å². The topological polar surface area (TPSA) is 24.9 Å². The Kier molecular flexibility index (Phi) is 6.22. The first-order valence-corrected chi connectivity index (χ1v) is 9.12. The number of rotatable bonds is 8. The molecule has 3 rings (SSSR count). The van der Waals surface area contributed by atoms with Crippen molar-refractivity contribution in [3.8, 4) is 0 Å². The van der Waals surface area contributed by atoms with Gasteiger partial charge in [0, 0.05) is 17.9 Å². The summed E-state index contributed by atoms with van der Waals surface area (Å²) in [5.74, 6) is 0. The summed E-state index contributed by atoms with van der Waals surface area (Å²) in [4.78, 5) is 4.38. The number of nitrogens with zero attached hydrogens (tertiary/aromatic N) is 1. The monoisotopic (exact) mass is 308 g/mol. The summed E-state index contributed by atoms with van der Waals surface area (Å²) in [5.41, 5.74) is 4.33. The van der Waals surface area contributed by atoms with Gasteiger partial charge in [0.1, 0.15) is 0 Å². The molecule has 0 saturated heterocycles. The first-order chi connectivity index (χ1) is 11.4. The van der Waals surface area contributed by atoms with E-state index in [-0.39, 0.29) is 0 Å². The Balaban J connectivity index is 1.25. The van der Waals surface area contributed by atoms with Gasteiger partial charge >= 0.3 is 0 Å². The molecule has 0 bridgehead atoms. The molecule has 0 unspecified atom stereocenters. The third-order valence-electron chi connectivity index (χ3n) is 4.87. The average molecular weight is 308 g/mol. The minimum absolute atomic E-state index is 0.679. The third kappa shape index (κ3) is 5.18. The minimum Gasteiger partial charge on any atom is -0.314 e. The lowest BCUT2D eigenvalue weighted by Crippen LogP contribution is -2.35. The third-order valence-corrected chi connectivity index (χ3v) is 4.87. The summed E-state index contributed by atoms with van der Waals surface area (Å²) in [6, 6.07) is 15.8. The molecule has 2 nitrogen and oxygen atoms in total. The van der Waals surface area contributed by atoms with Crippen LogP contribution < -0.4 is 5.32 Å². The number of benzene rings is 1. The predicted octanol–water partition coefficient (Wildman–Crippen LogP) is 4.33. The lowest BCUT2D eigenvalue weighted by molar-refractivity contribution is 0.447. The highest BCUT2D eigenvalue weighted by molar-refractivity contribution is 5.30. The van der Waals surface area contributed by atoms with Gasteiger partial charge in [-0.1, -0.05) is 43.2 Å². The van der Waals surface area contributed by atoms with Crippen molar-refractivity contribution in [2.45, 2.75) is 57.4 Å². The van der Waals surface area contributed by atoms with Gasteiger partial charge in [0.2, 0.25) is 0 Å². The zero-order valence-corrected chi connectivity index (χ0v) is 14.0. The number of pyridine rings is 1. The minimum atomic E-state index is 0.679. The van der Waals surface area contributed by atoms with Crippen LogP contribution in [-0.4, -0.2) is 17.6 Å². The van der Waals surface area contributed by atoms with E-state index in [0.717, 1.165) is 13.0 Å². The van der Waals surface area contributed by atoms with Gasteiger partial charge in [-0.05, 0) is 68.3 Å². The van der Waals surface area contributed by atoms with E-state index in [1.54, 1.807) is 11.1 Å². The fourth-order valence-electron chi connectivity index (χ4n) is 3.51. The molecule has 2 aromatic rings. The van der Waals surface area contributed by atoms with Crippen LogP contribution in [0.3, 0.4) is 0 Å². The van der Waals surface area contributed by atoms with Crippen LogP contribution in [0.2, 0.25) is 0 Å². The normalized spacial score (nSPS) is 17.0. The lowest BCUT2D eigenvalue weighted by Gasteiger charge is -2.25.